The Labute approximate surface area is 125 Å². The predicted octanol–water partition coefficient (Wildman–Crippen LogP) is 0.789. The first-order valence-corrected chi connectivity index (χ1v) is 7.85. The molecule has 0 spiro atoms. The third-order valence-electron chi connectivity index (χ3n) is 4.81. The van der Waals surface area contributed by atoms with Crippen molar-refractivity contribution in [2.45, 2.75) is 44.3 Å². The molecule has 3 heterocycles. The molecular formula is C15H24N4O2. The van der Waals surface area contributed by atoms with Gasteiger partial charge < -0.3 is 20.0 Å². The fraction of sp³-hybridized carbons (Fsp3) is 0.733. The summed E-state index contributed by atoms with van der Waals surface area (Å²) in [5, 5.41) is 20.6. The molecule has 0 unspecified atom stereocenters. The summed E-state index contributed by atoms with van der Waals surface area (Å²) in [4.78, 5) is 13.3. The first kappa shape index (κ1) is 14.5. The summed E-state index contributed by atoms with van der Waals surface area (Å²) in [5.74, 6) is 1.74. The Kier molecular flexibility index (Phi) is 3.99. The van der Waals surface area contributed by atoms with E-state index >= 15 is 0 Å². The molecule has 2 aliphatic heterocycles. The molecule has 0 bridgehead atoms. The highest BCUT2D eigenvalue weighted by molar-refractivity contribution is 5.63. The molecule has 2 atom stereocenters. The zero-order valence-electron chi connectivity index (χ0n) is 12.6. The van der Waals surface area contributed by atoms with Crippen LogP contribution in [0.3, 0.4) is 0 Å². The van der Waals surface area contributed by atoms with E-state index in [1.165, 1.54) is 12.8 Å². The standard InChI is InChI=1S/C15H24N4O2/c1-2-15(21)5-10-19(11-12(15)20)14-13(16-6-7-17-14)18-8-3-4-9-18/h6-7,12,20-21H,2-5,8-11H2,1H3/t12-,15-/m1/s1. The van der Waals surface area contributed by atoms with Crippen molar-refractivity contribution in [2.24, 2.45) is 0 Å². The Morgan fingerprint density at radius 1 is 1.14 bits per heavy atom. The van der Waals surface area contributed by atoms with Crippen LogP contribution in [0.1, 0.15) is 32.6 Å². The first-order valence-electron chi connectivity index (χ1n) is 7.85. The summed E-state index contributed by atoms with van der Waals surface area (Å²) < 4.78 is 0. The minimum absolute atomic E-state index is 0.407. The minimum atomic E-state index is -0.966. The second kappa shape index (κ2) is 5.77. The number of piperidine rings is 1. The van der Waals surface area contributed by atoms with E-state index in [4.69, 9.17) is 0 Å². The van der Waals surface area contributed by atoms with Crippen molar-refractivity contribution in [3.05, 3.63) is 12.4 Å². The van der Waals surface area contributed by atoms with Gasteiger partial charge in [0, 0.05) is 38.6 Å². The molecule has 2 N–H and O–H groups in total. The van der Waals surface area contributed by atoms with Gasteiger partial charge in [-0.2, -0.15) is 0 Å². The van der Waals surface area contributed by atoms with Crippen LogP contribution in [0.25, 0.3) is 0 Å². The summed E-state index contributed by atoms with van der Waals surface area (Å²) >= 11 is 0. The molecule has 0 amide bonds. The van der Waals surface area contributed by atoms with E-state index in [0.29, 0.717) is 25.9 Å². The minimum Gasteiger partial charge on any atom is -0.388 e. The third-order valence-corrected chi connectivity index (χ3v) is 4.81. The number of aliphatic hydroxyl groups excluding tert-OH is 1. The third kappa shape index (κ3) is 2.70. The smallest absolute Gasteiger partial charge is 0.172 e. The maximum Gasteiger partial charge on any atom is 0.172 e. The van der Waals surface area contributed by atoms with Gasteiger partial charge in [0.05, 0.1) is 5.60 Å². The molecule has 116 valence electrons. The van der Waals surface area contributed by atoms with Gasteiger partial charge in [-0.05, 0) is 25.7 Å². The Hall–Kier alpha value is -1.40. The van der Waals surface area contributed by atoms with Crippen LogP contribution in [-0.4, -0.2) is 58.1 Å². The molecule has 3 rings (SSSR count). The highest BCUT2D eigenvalue weighted by Crippen LogP contribution is 2.32. The van der Waals surface area contributed by atoms with E-state index in [1.807, 2.05) is 6.92 Å². The van der Waals surface area contributed by atoms with Gasteiger partial charge in [0.15, 0.2) is 11.6 Å². The lowest BCUT2D eigenvalue weighted by atomic mass is 9.86. The second-order valence-corrected chi connectivity index (χ2v) is 6.07. The van der Waals surface area contributed by atoms with Crippen LogP contribution in [0.5, 0.6) is 0 Å². The number of anilines is 2. The van der Waals surface area contributed by atoms with Gasteiger partial charge in [-0.15, -0.1) is 0 Å². The number of β-amino-alcohol motifs (C(OH)–C–C–N with tert-alkyl or cyclic N) is 1. The van der Waals surface area contributed by atoms with Crippen LogP contribution in [-0.2, 0) is 0 Å². The summed E-state index contributed by atoms with van der Waals surface area (Å²) in [6.45, 7) is 5.05. The van der Waals surface area contributed by atoms with Gasteiger partial charge in [0.25, 0.3) is 0 Å². The molecule has 1 aromatic rings. The maximum absolute atomic E-state index is 10.4. The monoisotopic (exact) mass is 292 g/mol. The van der Waals surface area contributed by atoms with Crippen molar-refractivity contribution >= 4 is 11.6 Å². The van der Waals surface area contributed by atoms with E-state index in [-0.39, 0.29) is 0 Å². The zero-order valence-corrected chi connectivity index (χ0v) is 12.6. The lowest BCUT2D eigenvalue weighted by Gasteiger charge is -2.42. The van der Waals surface area contributed by atoms with Crippen LogP contribution in [0.15, 0.2) is 12.4 Å². The van der Waals surface area contributed by atoms with Crippen molar-refractivity contribution in [2.75, 3.05) is 36.0 Å². The summed E-state index contributed by atoms with van der Waals surface area (Å²) in [7, 11) is 0. The Morgan fingerprint density at radius 2 is 1.76 bits per heavy atom. The largest absolute Gasteiger partial charge is 0.388 e. The predicted molar refractivity (Wildman–Crippen MR) is 81.6 cm³/mol. The molecule has 0 aliphatic carbocycles. The summed E-state index contributed by atoms with van der Waals surface area (Å²) in [5.41, 5.74) is -0.966. The molecule has 2 saturated heterocycles. The highest BCUT2D eigenvalue weighted by Gasteiger charge is 2.40. The molecule has 6 heteroatoms. The Bertz CT molecular complexity index is 492. The van der Waals surface area contributed by atoms with E-state index < -0.39 is 11.7 Å². The van der Waals surface area contributed by atoms with E-state index in [9.17, 15) is 10.2 Å². The molecule has 1 aromatic heterocycles. The van der Waals surface area contributed by atoms with Crippen molar-refractivity contribution in [3.8, 4) is 0 Å². The van der Waals surface area contributed by atoms with Crippen LogP contribution in [0.4, 0.5) is 11.6 Å². The van der Waals surface area contributed by atoms with Crippen LogP contribution in [0, 0.1) is 0 Å². The van der Waals surface area contributed by atoms with Gasteiger partial charge in [-0.1, -0.05) is 6.92 Å². The molecule has 0 radical (unpaired) electrons. The van der Waals surface area contributed by atoms with E-state index in [1.54, 1.807) is 12.4 Å². The summed E-state index contributed by atoms with van der Waals surface area (Å²) in [6.07, 6.45) is 6.18. The normalized spacial score (nSPS) is 30.0. The van der Waals surface area contributed by atoms with Crippen LogP contribution < -0.4 is 9.80 Å². The molecule has 2 fully saturated rings. The first-order chi connectivity index (χ1) is 10.1. The lowest BCUT2D eigenvalue weighted by Crippen LogP contribution is -2.55. The topological polar surface area (TPSA) is 72.7 Å². The fourth-order valence-electron chi connectivity index (χ4n) is 3.27. The molecule has 6 nitrogen and oxygen atoms in total. The van der Waals surface area contributed by atoms with Gasteiger partial charge in [-0.25, -0.2) is 9.97 Å². The summed E-state index contributed by atoms with van der Waals surface area (Å²) in [6, 6.07) is 0. The number of rotatable bonds is 3. The quantitative estimate of drug-likeness (QED) is 0.858. The van der Waals surface area contributed by atoms with E-state index in [0.717, 1.165) is 24.7 Å². The van der Waals surface area contributed by atoms with Gasteiger partial charge in [0.1, 0.15) is 6.10 Å². The number of hydrogen-bond acceptors (Lipinski definition) is 6. The molecule has 0 aromatic carbocycles. The maximum atomic E-state index is 10.4. The molecule has 21 heavy (non-hydrogen) atoms. The van der Waals surface area contributed by atoms with Gasteiger partial charge >= 0.3 is 0 Å². The average molecular weight is 292 g/mol. The van der Waals surface area contributed by atoms with Crippen molar-refractivity contribution < 1.29 is 10.2 Å². The molecule has 0 saturated carbocycles. The highest BCUT2D eigenvalue weighted by atomic mass is 16.3. The molecule has 2 aliphatic rings. The van der Waals surface area contributed by atoms with Crippen LogP contribution >= 0.6 is 0 Å². The zero-order chi connectivity index (χ0) is 14.9. The SMILES string of the molecule is CC[C@@]1(O)CCN(c2nccnc2N2CCCC2)C[C@H]1O. The molecular weight excluding hydrogens is 268 g/mol. The number of aliphatic hydroxyl groups is 2. The second-order valence-electron chi connectivity index (χ2n) is 6.07. The Morgan fingerprint density at radius 3 is 2.33 bits per heavy atom. The van der Waals surface area contributed by atoms with Crippen LogP contribution in [0.2, 0.25) is 0 Å². The van der Waals surface area contributed by atoms with Crippen molar-refractivity contribution in [1.82, 2.24) is 9.97 Å². The number of nitrogens with zero attached hydrogens (tertiary/aromatic N) is 4. The van der Waals surface area contributed by atoms with Gasteiger partial charge in [0.2, 0.25) is 0 Å². The van der Waals surface area contributed by atoms with E-state index in [2.05, 4.69) is 19.8 Å². The average Bonchev–Trinajstić information content (AvgIpc) is 3.04. The fourth-order valence-corrected chi connectivity index (χ4v) is 3.27. The Balaban J connectivity index is 1.82. The van der Waals surface area contributed by atoms with Gasteiger partial charge in [-0.3, -0.25) is 0 Å². The van der Waals surface area contributed by atoms with Crippen molar-refractivity contribution in [1.29, 1.82) is 0 Å². The van der Waals surface area contributed by atoms with Crippen molar-refractivity contribution in [3.63, 3.8) is 0 Å². The lowest BCUT2D eigenvalue weighted by molar-refractivity contribution is -0.0879. The number of aromatic nitrogens is 2. The number of hydrogen-bond donors (Lipinski definition) is 2.